The van der Waals surface area contributed by atoms with Crippen LogP contribution in [0.15, 0.2) is 42.5 Å². The van der Waals surface area contributed by atoms with Crippen LogP contribution >= 0.6 is 11.6 Å². The van der Waals surface area contributed by atoms with Crippen LogP contribution in [0.2, 0.25) is 5.15 Å². The van der Waals surface area contributed by atoms with E-state index in [1.165, 1.54) is 11.1 Å². The van der Waals surface area contributed by atoms with E-state index in [-0.39, 0.29) is 0 Å². The van der Waals surface area contributed by atoms with Crippen LogP contribution in [-0.2, 0) is 6.42 Å². The van der Waals surface area contributed by atoms with E-state index in [1.54, 1.807) is 0 Å². The maximum absolute atomic E-state index is 6.36. The van der Waals surface area contributed by atoms with Crippen LogP contribution in [0.1, 0.15) is 24.5 Å². The van der Waals surface area contributed by atoms with Crippen LogP contribution in [0, 0.1) is 6.92 Å². The predicted octanol–water partition coefficient (Wildman–Crippen LogP) is 5.21. The number of fused-ring (bicyclic) bond motifs is 1. The summed E-state index contributed by atoms with van der Waals surface area (Å²) in [6, 6.07) is 14.4. The van der Waals surface area contributed by atoms with Gasteiger partial charge in [0.15, 0.2) is 5.82 Å². The number of aromatic nitrogens is 2. The minimum absolute atomic E-state index is 0.522. The van der Waals surface area contributed by atoms with E-state index in [4.69, 9.17) is 11.6 Å². The van der Waals surface area contributed by atoms with E-state index in [0.29, 0.717) is 11.0 Å². The van der Waals surface area contributed by atoms with Crippen LogP contribution in [0.5, 0.6) is 0 Å². The second-order valence-electron chi connectivity index (χ2n) is 5.31. The minimum Gasteiger partial charge on any atom is -0.228 e. The van der Waals surface area contributed by atoms with Crippen LogP contribution in [0.25, 0.3) is 22.3 Å². The summed E-state index contributed by atoms with van der Waals surface area (Å²) < 4.78 is 0. The van der Waals surface area contributed by atoms with Crippen molar-refractivity contribution in [3.63, 3.8) is 0 Å². The van der Waals surface area contributed by atoms with Gasteiger partial charge in [0, 0.05) is 10.9 Å². The van der Waals surface area contributed by atoms with Gasteiger partial charge in [0.2, 0.25) is 0 Å². The molecule has 0 aliphatic heterocycles. The van der Waals surface area contributed by atoms with E-state index >= 15 is 0 Å². The Hall–Kier alpha value is -1.93. The summed E-state index contributed by atoms with van der Waals surface area (Å²) in [4.78, 5) is 9.10. The van der Waals surface area contributed by atoms with Gasteiger partial charge in [0.05, 0.1) is 5.52 Å². The van der Waals surface area contributed by atoms with Crippen LogP contribution in [0.4, 0.5) is 0 Å². The first-order chi connectivity index (χ1) is 10.2. The minimum atomic E-state index is 0.522. The normalized spacial score (nSPS) is 11.0. The molecule has 0 aliphatic carbocycles. The van der Waals surface area contributed by atoms with Gasteiger partial charge in [-0.05, 0) is 31.0 Å². The first-order valence-corrected chi connectivity index (χ1v) is 7.58. The van der Waals surface area contributed by atoms with E-state index in [1.807, 2.05) is 18.2 Å². The highest BCUT2D eigenvalue weighted by Gasteiger charge is 2.08. The maximum atomic E-state index is 6.36. The fourth-order valence-corrected chi connectivity index (χ4v) is 2.65. The third-order valence-electron chi connectivity index (χ3n) is 3.56. The number of aryl methyl sites for hydroxylation is 2. The van der Waals surface area contributed by atoms with E-state index in [0.717, 1.165) is 29.3 Å². The number of benzene rings is 2. The van der Waals surface area contributed by atoms with E-state index in [9.17, 15) is 0 Å². The molecule has 0 radical (unpaired) electrons. The number of halogens is 1. The fraction of sp³-hybridized carbons (Fsp3) is 0.222. The van der Waals surface area contributed by atoms with Crippen molar-refractivity contribution in [1.82, 2.24) is 9.97 Å². The summed E-state index contributed by atoms with van der Waals surface area (Å²) >= 11 is 6.36. The van der Waals surface area contributed by atoms with E-state index in [2.05, 4.69) is 48.1 Å². The number of hydrogen-bond acceptors (Lipinski definition) is 2. The molecule has 0 saturated heterocycles. The number of hydrogen-bond donors (Lipinski definition) is 0. The molecule has 0 amide bonds. The molecule has 0 bridgehead atoms. The lowest BCUT2D eigenvalue weighted by Gasteiger charge is -2.07. The van der Waals surface area contributed by atoms with Crippen LogP contribution in [0.3, 0.4) is 0 Å². The molecular formula is C18H17ClN2. The SMILES string of the molecule is CCCc1ccc2nc(-c3ccc(C)cc3)nc(Cl)c2c1. The summed E-state index contributed by atoms with van der Waals surface area (Å²) in [7, 11) is 0. The highest BCUT2D eigenvalue weighted by atomic mass is 35.5. The van der Waals surface area contributed by atoms with Gasteiger partial charge in [-0.15, -0.1) is 0 Å². The highest BCUT2D eigenvalue weighted by Crippen LogP contribution is 2.26. The Kier molecular flexibility index (Phi) is 3.89. The van der Waals surface area contributed by atoms with Gasteiger partial charge in [-0.1, -0.05) is 60.8 Å². The van der Waals surface area contributed by atoms with Crippen molar-refractivity contribution in [1.29, 1.82) is 0 Å². The second kappa shape index (κ2) is 5.82. The molecule has 1 aromatic heterocycles. The summed E-state index contributed by atoms with van der Waals surface area (Å²) in [5.74, 6) is 0.677. The first kappa shape index (κ1) is 14.0. The second-order valence-corrected chi connectivity index (χ2v) is 5.66. The fourth-order valence-electron chi connectivity index (χ4n) is 2.41. The molecule has 3 aromatic rings. The monoisotopic (exact) mass is 296 g/mol. The topological polar surface area (TPSA) is 25.8 Å². The zero-order chi connectivity index (χ0) is 14.8. The zero-order valence-electron chi connectivity index (χ0n) is 12.2. The molecule has 2 aromatic carbocycles. The van der Waals surface area contributed by atoms with Gasteiger partial charge in [-0.3, -0.25) is 0 Å². The van der Waals surface area contributed by atoms with Crippen molar-refractivity contribution < 1.29 is 0 Å². The van der Waals surface area contributed by atoms with Crippen LogP contribution in [-0.4, -0.2) is 9.97 Å². The van der Waals surface area contributed by atoms with Crippen molar-refractivity contribution in [2.24, 2.45) is 0 Å². The Morgan fingerprint density at radius 1 is 1.00 bits per heavy atom. The zero-order valence-corrected chi connectivity index (χ0v) is 13.0. The summed E-state index contributed by atoms with van der Waals surface area (Å²) in [5.41, 5.74) is 4.38. The molecule has 0 unspecified atom stereocenters. The Morgan fingerprint density at radius 2 is 1.76 bits per heavy atom. The highest BCUT2D eigenvalue weighted by molar-refractivity contribution is 6.34. The third-order valence-corrected chi connectivity index (χ3v) is 3.85. The smallest absolute Gasteiger partial charge is 0.161 e. The number of nitrogens with zero attached hydrogens (tertiary/aromatic N) is 2. The molecule has 0 saturated carbocycles. The lowest BCUT2D eigenvalue weighted by atomic mass is 10.1. The maximum Gasteiger partial charge on any atom is 0.161 e. The Balaban J connectivity index is 2.10. The quantitative estimate of drug-likeness (QED) is 0.620. The van der Waals surface area contributed by atoms with Crippen molar-refractivity contribution in [3.8, 4) is 11.4 Å². The lowest BCUT2D eigenvalue weighted by molar-refractivity contribution is 0.923. The molecule has 106 valence electrons. The average Bonchev–Trinajstić information content (AvgIpc) is 2.49. The molecule has 3 rings (SSSR count). The van der Waals surface area contributed by atoms with Crippen molar-refractivity contribution in [3.05, 3.63) is 58.7 Å². The third kappa shape index (κ3) is 2.91. The molecule has 3 heteroatoms. The molecule has 1 heterocycles. The van der Waals surface area contributed by atoms with Gasteiger partial charge in [-0.25, -0.2) is 9.97 Å². The van der Waals surface area contributed by atoms with Gasteiger partial charge < -0.3 is 0 Å². The lowest BCUT2D eigenvalue weighted by Crippen LogP contribution is -1.93. The molecule has 0 atom stereocenters. The average molecular weight is 297 g/mol. The molecular weight excluding hydrogens is 280 g/mol. The first-order valence-electron chi connectivity index (χ1n) is 7.20. The van der Waals surface area contributed by atoms with Crippen LogP contribution < -0.4 is 0 Å². The molecule has 2 nitrogen and oxygen atoms in total. The van der Waals surface area contributed by atoms with Gasteiger partial charge in [0.1, 0.15) is 5.15 Å². The summed E-state index contributed by atoms with van der Waals surface area (Å²) in [6.45, 7) is 4.23. The van der Waals surface area contributed by atoms with Crippen molar-refractivity contribution >= 4 is 22.5 Å². The summed E-state index contributed by atoms with van der Waals surface area (Å²) in [5, 5.41) is 1.45. The molecule has 21 heavy (non-hydrogen) atoms. The van der Waals surface area contributed by atoms with E-state index < -0.39 is 0 Å². The largest absolute Gasteiger partial charge is 0.228 e. The molecule has 0 aliphatic rings. The predicted molar refractivity (Wildman–Crippen MR) is 88.7 cm³/mol. The van der Waals surface area contributed by atoms with Gasteiger partial charge >= 0.3 is 0 Å². The summed E-state index contributed by atoms with van der Waals surface area (Å²) in [6.07, 6.45) is 2.16. The molecule has 0 spiro atoms. The Labute approximate surface area is 129 Å². The standard InChI is InChI=1S/C18H17ClN2/c1-3-4-13-7-10-16-15(11-13)17(19)21-18(20-16)14-8-5-12(2)6-9-14/h5-11H,3-4H2,1-2H3. The van der Waals surface area contributed by atoms with Crippen molar-refractivity contribution in [2.75, 3.05) is 0 Å². The molecule has 0 N–H and O–H groups in total. The van der Waals surface area contributed by atoms with Crippen molar-refractivity contribution in [2.45, 2.75) is 26.7 Å². The Bertz CT molecular complexity index is 779. The molecule has 0 fully saturated rings. The van der Waals surface area contributed by atoms with Gasteiger partial charge in [0.25, 0.3) is 0 Å². The van der Waals surface area contributed by atoms with Gasteiger partial charge in [-0.2, -0.15) is 0 Å². The Morgan fingerprint density at radius 3 is 2.48 bits per heavy atom. The number of rotatable bonds is 3.